The van der Waals surface area contributed by atoms with E-state index >= 15 is 0 Å². The molecule has 1 aromatic carbocycles. The van der Waals surface area contributed by atoms with Gasteiger partial charge in [-0.05, 0) is 19.1 Å². The monoisotopic (exact) mass is 216 g/mol. The maximum Gasteiger partial charge on any atom is 0.366 e. The van der Waals surface area contributed by atoms with Gasteiger partial charge in [-0.25, -0.2) is 4.79 Å². The fraction of sp³-hybridized carbons (Fsp3) is 0.0909. The number of nitrogen functional groups attached to an aromatic ring is 1. The summed E-state index contributed by atoms with van der Waals surface area (Å²) in [6.45, 7) is 1.94. The second-order valence-electron chi connectivity index (χ2n) is 3.62. The summed E-state index contributed by atoms with van der Waals surface area (Å²) in [5, 5.41) is 0.707. The molecule has 0 aliphatic carbocycles. The van der Waals surface area contributed by atoms with Crippen LogP contribution in [0.2, 0.25) is 0 Å². The Hall–Kier alpha value is -2.30. The molecule has 2 N–H and O–H groups in total. The maximum absolute atomic E-state index is 11.5. The number of rotatable bonds is 0. The van der Waals surface area contributed by atoms with Crippen LogP contribution in [0.15, 0.2) is 31.8 Å². The molecule has 5 nitrogen and oxygen atoms in total. The lowest BCUT2D eigenvalue weighted by molar-refractivity contribution is 0.565. The summed E-state index contributed by atoms with van der Waals surface area (Å²) in [7, 11) is 0. The van der Waals surface area contributed by atoms with Crippen LogP contribution in [0.3, 0.4) is 0 Å². The first-order valence-electron chi connectivity index (χ1n) is 4.74. The predicted molar refractivity (Wildman–Crippen MR) is 59.2 cm³/mol. The molecule has 2 aromatic heterocycles. The number of benzene rings is 1. The number of fused-ring (bicyclic) bond motifs is 3. The standard InChI is InChI=1S/C11H8N2O3/c1-5-2-3-7-6(4-5)9-8(10(14)15-7)13-11(12)16-9/h2-4H,1H3,(H2,12,13). The molecule has 0 amide bonds. The van der Waals surface area contributed by atoms with Crippen molar-refractivity contribution in [2.45, 2.75) is 6.92 Å². The van der Waals surface area contributed by atoms with Crippen molar-refractivity contribution >= 4 is 28.1 Å². The van der Waals surface area contributed by atoms with Gasteiger partial charge >= 0.3 is 5.63 Å². The van der Waals surface area contributed by atoms with E-state index < -0.39 is 5.63 Å². The third-order valence-electron chi connectivity index (χ3n) is 2.42. The SMILES string of the molecule is Cc1ccc2oc(=O)c3nc(N)oc3c2c1. The Morgan fingerprint density at radius 3 is 2.94 bits per heavy atom. The summed E-state index contributed by atoms with van der Waals surface area (Å²) < 4.78 is 10.3. The molecule has 0 unspecified atom stereocenters. The van der Waals surface area contributed by atoms with Gasteiger partial charge in [0.05, 0.1) is 5.39 Å². The second kappa shape index (κ2) is 2.85. The van der Waals surface area contributed by atoms with E-state index in [2.05, 4.69) is 4.98 Å². The predicted octanol–water partition coefficient (Wildman–Crippen LogP) is 1.82. The highest BCUT2D eigenvalue weighted by atomic mass is 16.4. The van der Waals surface area contributed by atoms with E-state index in [0.29, 0.717) is 16.6 Å². The zero-order valence-corrected chi connectivity index (χ0v) is 8.48. The van der Waals surface area contributed by atoms with Crippen molar-refractivity contribution in [2.75, 3.05) is 5.73 Å². The number of aromatic nitrogens is 1. The summed E-state index contributed by atoms with van der Waals surface area (Å²) in [6.07, 6.45) is 0. The number of oxazole rings is 1. The molecule has 3 aromatic rings. The Morgan fingerprint density at radius 2 is 2.12 bits per heavy atom. The number of hydrogen-bond acceptors (Lipinski definition) is 5. The Kier molecular flexibility index (Phi) is 1.60. The molecule has 80 valence electrons. The molecule has 0 bridgehead atoms. The second-order valence-corrected chi connectivity index (χ2v) is 3.62. The van der Waals surface area contributed by atoms with Crippen molar-refractivity contribution in [2.24, 2.45) is 0 Å². The third kappa shape index (κ3) is 1.11. The van der Waals surface area contributed by atoms with Crippen molar-refractivity contribution in [1.29, 1.82) is 0 Å². The largest absolute Gasteiger partial charge is 0.423 e. The van der Waals surface area contributed by atoms with E-state index in [1.54, 1.807) is 6.07 Å². The molecule has 2 heterocycles. The molecule has 0 spiro atoms. The van der Waals surface area contributed by atoms with Crippen molar-refractivity contribution in [1.82, 2.24) is 4.98 Å². The van der Waals surface area contributed by atoms with Gasteiger partial charge in [0.2, 0.25) is 0 Å². The third-order valence-corrected chi connectivity index (χ3v) is 2.42. The molecule has 0 saturated heterocycles. The van der Waals surface area contributed by atoms with E-state index in [9.17, 15) is 4.79 Å². The number of anilines is 1. The molecule has 0 saturated carbocycles. The van der Waals surface area contributed by atoms with Gasteiger partial charge in [-0.2, -0.15) is 4.98 Å². The van der Waals surface area contributed by atoms with Crippen molar-refractivity contribution < 1.29 is 8.83 Å². The lowest BCUT2D eigenvalue weighted by Crippen LogP contribution is -1.99. The van der Waals surface area contributed by atoms with Crippen LogP contribution in [0, 0.1) is 6.92 Å². The normalized spacial score (nSPS) is 11.3. The number of hydrogen-bond donors (Lipinski definition) is 1. The maximum atomic E-state index is 11.5. The summed E-state index contributed by atoms with van der Waals surface area (Å²) in [5.41, 5.74) is 6.92. The summed E-state index contributed by atoms with van der Waals surface area (Å²) in [6, 6.07) is 5.42. The number of nitrogens with zero attached hydrogens (tertiary/aromatic N) is 1. The van der Waals surface area contributed by atoms with Gasteiger partial charge < -0.3 is 14.6 Å². The lowest BCUT2D eigenvalue weighted by atomic mass is 10.1. The highest BCUT2D eigenvalue weighted by Gasteiger charge is 2.13. The molecule has 0 aliphatic rings. The molecular formula is C11H8N2O3. The minimum absolute atomic E-state index is 0.0312. The van der Waals surface area contributed by atoms with Crippen LogP contribution < -0.4 is 11.4 Å². The lowest BCUT2D eigenvalue weighted by Gasteiger charge is -1.97. The highest BCUT2D eigenvalue weighted by Crippen LogP contribution is 2.24. The van der Waals surface area contributed by atoms with Crippen LogP contribution in [-0.2, 0) is 0 Å². The fourth-order valence-electron chi connectivity index (χ4n) is 1.72. The Morgan fingerprint density at radius 1 is 1.31 bits per heavy atom. The first kappa shape index (κ1) is 8.96. The Bertz CT molecular complexity index is 755. The highest BCUT2D eigenvalue weighted by molar-refractivity contribution is 5.99. The van der Waals surface area contributed by atoms with Crippen LogP contribution >= 0.6 is 0 Å². The molecule has 16 heavy (non-hydrogen) atoms. The van der Waals surface area contributed by atoms with Gasteiger partial charge in [0.1, 0.15) is 5.58 Å². The Labute approximate surface area is 89.5 Å². The summed E-state index contributed by atoms with van der Waals surface area (Å²) in [5.74, 6) is 0. The van der Waals surface area contributed by atoms with Crippen molar-refractivity contribution in [3.63, 3.8) is 0 Å². The first-order chi connectivity index (χ1) is 7.65. The fourth-order valence-corrected chi connectivity index (χ4v) is 1.72. The number of nitrogens with two attached hydrogens (primary N) is 1. The van der Waals surface area contributed by atoms with Crippen LogP contribution in [0.4, 0.5) is 6.01 Å². The van der Waals surface area contributed by atoms with Gasteiger partial charge in [0.15, 0.2) is 11.1 Å². The zero-order valence-electron chi connectivity index (χ0n) is 8.48. The zero-order chi connectivity index (χ0) is 11.3. The molecule has 3 rings (SSSR count). The Balaban J connectivity index is 2.65. The minimum Gasteiger partial charge on any atom is -0.423 e. The van der Waals surface area contributed by atoms with Crippen LogP contribution in [0.25, 0.3) is 22.1 Å². The van der Waals surface area contributed by atoms with Gasteiger partial charge in [-0.3, -0.25) is 0 Å². The van der Waals surface area contributed by atoms with Gasteiger partial charge in [0, 0.05) is 0 Å². The summed E-state index contributed by atoms with van der Waals surface area (Å²) >= 11 is 0. The van der Waals surface area contributed by atoms with Gasteiger partial charge in [0.25, 0.3) is 6.01 Å². The van der Waals surface area contributed by atoms with Crippen LogP contribution in [-0.4, -0.2) is 4.98 Å². The quantitative estimate of drug-likeness (QED) is 0.579. The average molecular weight is 216 g/mol. The van der Waals surface area contributed by atoms with Crippen LogP contribution in [0.5, 0.6) is 0 Å². The molecule has 0 fully saturated rings. The average Bonchev–Trinajstić information content (AvgIpc) is 2.62. The molecular weight excluding hydrogens is 208 g/mol. The van der Waals surface area contributed by atoms with E-state index in [4.69, 9.17) is 14.6 Å². The van der Waals surface area contributed by atoms with Gasteiger partial charge in [-0.1, -0.05) is 11.6 Å². The minimum atomic E-state index is -0.535. The van der Waals surface area contributed by atoms with Crippen molar-refractivity contribution in [3.05, 3.63) is 34.2 Å². The molecule has 0 atom stereocenters. The van der Waals surface area contributed by atoms with Crippen molar-refractivity contribution in [3.8, 4) is 0 Å². The molecule has 5 heteroatoms. The topological polar surface area (TPSA) is 82.3 Å². The van der Waals surface area contributed by atoms with E-state index in [0.717, 1.165) is 5.56 Å². The molecule has 0 radical (unpaired) electrons. The van der Waals surface area contributed by atoms with E-state index in [-0.39, 0.29) is 11.5 Å². The van der Waals surface area contributed by atoms with Gasteiger partial charge in [-0.15, -0.1) is 0 Å². The van der Waals surface area contributed by atoms with Crippen LogP contribution in [0.1, 0.15) is 5.56 Å². The number of aryl methyl sites for hydroxylation is 1. The molecule has 0 aliphatic heterocycles. The van der Waals surface area contributed by atoms with E-state index in [1.165, 1.54) is 0 Å². The van der Waals surface area contributed by atoms with E-state index in [1.807, 2.05) is 19.1 Å². The smallest absolute Gasteiger partial charge is 0.366 e. The first-order valence-corrected chi connectivity index (χ1v) is 4.74. The summed E-state index contributed by atoms with van der Waals surface area (Å²) in [4.78, 5) is 15.3.